The van der Waals surface area contributed by atoms with Crippen molar-refractivity contribution in [2.24, 2.45) is 5.14 Å². The zero-order chi connectivity index (χ0) is 21.1. The minimum absolute atomic E-state index is 0.0553. The van der Waals surface area contributed by atoms with Gasteiger partial charge < -0.3 is 5.32 Å². The first-order valence-electron chi connectivity index (χ1n) is 7.77. The van der Waals surface area contributed by atoms with Crippen LogP contribution in [0.15, 0.2) is 52.3 Å². The lowest BCUT2D eigenvalue weighted by Crippen LogP contribution is -2.44. The molecule has 0 aliphatic carbocycles. The van der Waals surface area contributed by atoms with Crippen LogP contribution in [0.4, 0.5) is 0 Å². The zero-order valence-electron chi connectivity index (χ0n) is 14.5. The number of rotatable bonds is 7. The third kappa shape index (κ3) is 5.66. The summed E-state index contributed by atoms with van der Waals surface area (Å²) < 4.78 is 49.6. The predicted octanol–water partition coefficient (Wildman–Crippen LogP) is 1.62. The summed E-state index contributed by atoms with van der Waals surface area (Å²) in [6.07, 6.45) is 0. The molecule has 0 bridgehead atoms. The van der Waals surface area contributed by atoms with Crippen molar-refractivity contribution in [2.45, 2.75) is 29.3 Å². The molecule has 1 amide bonds. The van der Waals surface area contributed by atoms with Gasteiger partial charge in [-0.1, -0.05) is 41.4 Å². The number of halogens is 2. The fraction of sp³-hybridized carbons (Fsp3) is 0.188. The first kappa shape index (κ1) is 22.6. The Morgan fingerprint density at radius 2 is 1.57 bits per heavy atom. The van der Waals surface area contributed by atoms with Gasteiger partial charge in [0, 0.05) is 6.54 Å². The Labute approximate surface area is 173 Å². The van der Waals surface area contributed by atoms with Crippen LogP contribution >= 0.6 is 23.2 Å². The second kappa shape index (κ2) is 8.76. The highest BCUT2D eigenvalue weighted by atomic mass is 35.5. The fourth-order valence-electron chi connectivity index (χ4n) is 2.22. The zero-order valence-corrected chi connectivity index (χ0v) is 17.7. The number of carbonyl (C=O) groups is 1. The van der Waals surface area contributed by atoms with Crippen LogP contribution in [0.1, 0.15) is 12.5 Å². The van der Waals surface area contributed by atoms with Crippen molar-refractivity contribution < 1.29 is 21.6 Å². The van der Waals surface area contributed by atoms with E-state index in [0.717, 1.165) is 0 Å². The molecular weight excluding hydrogens is 449 g/mol. The number of primary sulfonamides is 1. The van der Waals surface area contributed by atoms with Crippen molar-refractivity contribution in [3.63, 3.8) is 0 Å². The second-order valence-corrected chi connectivity index (χ2v) is 9.83. The summed E-state index contributed by atoms with van der Waals surface area (Å²) in [4.78, 5) is 11.8. The van der Waals surface area contributed by atoms with Gasteiger partial charge in [0.15, 0.2) is 0 Å². The van der Waals surface area contributed by atoms with Gasteiger partial charge in [0.1, 0.15) is 4.90 Å². The molecule has 4 N–H and O–H groups in total. The highest BCUT2D eigenvalue weighted by molar-refractivity contribution is 7.90. The number of carbonyl (C=O) groups excluding carboxylic acids is 1. The molecule has 8 nitrogen and oxygen atoms in total. The number of nitrogens with one attached hydrogen (secondary N) is 2. The largest absolute Gasteiger partial charge is 0.351 e. The first-order valence-corrected chi connectivity index (χ1v) is 11.6. The maximum atomic E-state index is 12.5. The average molecular weight is 466 g/mol. The maximum absolute atomic E-state index is 12.5. The predicted molar refractivity (Wildman–Crippen MR) is 106 cm³/mol. The van der Waals surface area contributed by atoms with E-state index >= 15 is 0 Å². The fourth-order valence-corrected chi connectivity index (χ4v) is 5.09. The van der Waals surface area contributed by atoms with Crippen LogP contribution in [-0.2, 0) is 31.4 Å². The van der Waals surface area contributed by atoms with Crippen LogP contribution < -0.4 is 15.2 Å². The van der Waals surface area contributed by atoms with Crippen LogP contribution in [0, 0.1) is 0 Å². The van der Waals surface area contributed by atoms with Crippen molar-refractivity contribution in [1.82, 2.24) is 10.0 Å². The molecule has 0 aliphatic heterocycles. The van der Waals surface area contributed by atoms with Gasteiger partial charge in [-0.2, -0.15) is 4.72 Å². The van der Waals surface area contributed by atoms with E-state index in [1.807, 2.05) is 0 Å². The summed E-state index contributed by atoms with van der Waals surface area (Å²) in [5.74, 6) is -0.595. The SMILES string of the molecule is C[C@@H](NS(=O)(=O)c1c(Cl)cccc1Cl)C(=O)NCc1ccc(S(N)(=O)=O)cc1. The van der Waals surface area contributed by atoms with Gasteiger partial charge in [-0.3, -0.25) is 4.79 Å². The van der Waals surface area contributed by atoms with Crippen molar-refractivity contribution in [2.75, 3.05) is 0 Å². The molecule has 12 heteroatoms. The van der Waals surface area contributed by atoms with Gasteiger partial charge in [0.25, 0.3) is 0 Å². The quantitative estimate of drug-likeness (QED) is 0.570. The summed E-state index contributed by atoms with van der Waals surface area (Å²) in [5, 5.41) is 7.43. The Balaban J connectivity index is 2.03. The lowest BCUT2D eigenvalue weighted by atomic mass is 10.2. The van der Waals surface area contributed by atoms with Gasteiger partial charge in [-0.05, 0) is 36.8 Å². The van der Waals surface area contributed by atoms with E-state index < -0.39 is 32.0 Å². The minimum Gasteiger partial charge on any atom is -0.351 e. The highest BCUT2D eigenvalue weighted by Gasteiger charge is 2.26. The molecule has 152 valence electrons. The van der Waals surface area contributed by atoms with Crippen LogP contribution in [0.25, 0.3) is 0 Å². The Bertz CT molecular complexity index is 1070. The number of sulfonamides is 2. The van der Waals surface area contributed by atoms with Crippen LogP contribution in [0.3, 0.4) is 0 Å². The molecule has 0 spiro atoms. The summed E-state index contributed by atoms with van der Waals surface area (Å²) in [6, 6.07) is 8.72. The van der Waals surface area contributed by atoms with Gasteiger partial charge in [-0.15, -0.1) is 0 Å². The first-order chi connectivity index (χ1) is 12.9. The summed E-state index contributed by atoms with van der Waals surface area (Å²) in [5.41, 5.74) is 0.602. The molecule has 0 unspecified atom stereocenters. The third-order valence-corrected chi connectivity index (χ3v) is 7.06. The molecule has 2 rings (SSSR count). The van der Waals surface area contributed by atoms with Crippen molar-refractivity contribution in [3.05, 3.63) is 58.1 Å². The summed E-state index contributed by atoms with van der Waals surface area (Å²) in [6.45, 7) is 1.42. The second-order valence-electron chi connectivity index (χ2n) is 5.80. The monoisotopic (exact) mass is 465 g/mol. The van der Waals surface area contributed by atoms with E-state index in [2.05, 4.69) is 10.0 Å². The van der Waals surface area contributed by atoms with Gasteiger partial charge >= 0.3 is 0 Å². The van der Waals surface area contributed by atoms with E-state index in [4.69, 9.17) is 28.3 Å². The molecule has 2 aromatic carbocycles. The number of nitrogens with two attached hydrogens (primary N) is 1. The number of hydrogen-bond donors (Lipinski definition) is 3. The smallest absolute Gasteiger partial charge is 0.244 e. The molecule has 0 saturated carbocycles. The molecule has 2 aromatic rings. The van der Waals surface area contributed by atoms with E-state index in [0.29, 0.717) is 5.56 Å². The molecule has 1 atom stereocenters. The Kier molecular flexibility index (Phi) is 7.07. The van der Waals surface area contributed by atoms with Crippen LogP contribution in [-0.4, -0.2) is 28.8 Å². The van der Waals surface area contributed by atoms with E-state index in [-0.39, 0.29) is 26.4 Å². The van der Waals surface area contributed by atoms with E-state index in [1.54, 1.807) is 0 Å². The Morgan fingerprint density at radius 3 is 2.07 bits per heavy atom. The summed E-state index contributed by atoms with van der Waals surface area (Å²) in [7, 11) is -7.93. The number of hydrogen-bond acceptors (Lipinski definition) is 5. The topological polar surface area (TPSA) is 135 Å². The van der Waals surface area contributed by atoms with Crippen molar-refractivity contribution in [1.29, 1.82) is 0 Å². The van der Waals surface area contributed by atoms with Crippen LogP contribution in [0.2, 0.25) is 10.0 Å². The molecule has 0 fully saturated rings. The van der Waals surface area contributed by atoms with Gasteiger partial charge in [-0.25, -0.2) is 22.0 Å². The molecular formula is C16H17Cl2N3O5S2. The molecule has 0 aromatic heterocycles. The van der Waals surface area contributed by atoms with Gasteiger partial charge in [0.2, 0.25) is 26.0 Å². The lowest BCUT2D eigenvalue weighted by Gasteiger charge is -2.16. The maximum Gasteiger partial charge on any atom is 0.244 e. The molecule has 0 radical (unpaired) electrons. The molecule has 0 saturated heterocycles. The molecule has 28 heavy (non-hydrogen) atoms. The van der Waals surface area contributed by atoms with Crippen molar-refractivity contribution in [3.8, 4) is 0 Å². The average Bonchev–Trinajstić information content (AvgIpc) is 2.58. The standard InChI is InChI=1S/C16H17Cl2N3O5S2/c1-10(21-28(25,26)15-13(17)3-2-4-14(15)18)16(22)20-9-11-5-7-12(8-6-11)27(19,23)24/h2-8,10,21H,9H2,1H3,(H,20,22)(H2,19,23,24)/t10-/m1/s1. The Hall–Kier alpha value is -1.69. The molecule has 0 aliphatic rings. The minimum atomic E-state index is -4.13. The normalized spacial score (nSPS) is 13.1. The number of benzene rings is 2. The van der Waals surface area contributed by atoms with Crippen LogP contribution in [0.5, 0.6) is 0 Å². The summed E-state index contributed by atoms with van der Waals surface area (Å²) >= 11 is 11.8. The van der Waals surface area contributed by atoms with E-state index in [9.17, 15) is 21.6 Å². The number of amides is 1. The van der Waals surface area contributed by atoms with Crippen molar-refractivity contribution >= 4 is 49.2 Å². The van der Waals surface area contributed by atoms with Gasteiger partial charge in [0.05, 0.1) is 21.0 Å². The lowest BCUT2D eigenvalue weighted by molar-refractivity contribution is -0.122. The Morgan fingerprint density at radius 1 is 1.04 bits per heavy atom. The highest BCUT2D eigenvalue weighted by Crippen LogP contribution is 2.28. The molecule has 0 heterocycles. The van der Waals surface area contributed by atoms with E-state index in [1.165, 1.54) is 49.4 Å². The third-order valence-electron chi connectivity index (χ3n) is 3.63.